The van der Waals surface area contributed by atoms with Crippen molar-refractivity contribution in [2.24, 2.45) is 0 Å². The van der Waals surface area contributed by atoms with Crippen molar-refractivity contribution in [3.8, 4) is 0 Å². The van der Waals surface area contributed by atoms with Gasteiger partial charge in [0.15, 0.2) is 0 Å². The Morgan fingerprint density at radius 1 is 1.33 bits per heavy atom. The van der Waals surface area contributed by atoms with Crippen LogP contribution in [0.2, 0.25) is 5.02 Å². The second-order valence-corrected chi connectivity index (χ2v) is 9.19. The number of hydrogen-bond donors (Lipinski definition) is 2. The lowest BCUT2D eigenvalue weighted by Crippen LogP contribution is -2.42. The number of ether oxygens (including phenoxy) is 1. The molecule has 0 aliphatic carbocycles. The van der Waals surface area contributed by atoms with E-state index in [-0.39, 0.29) is 12.5 Å². The average molecular weight is 492 g/mol. The molecule has 2 heterocycles. The number of halogens is 2. The third-order valence-corrected chi connectivity index (χ3v) is 5.85. The smallest absolute Gasteiger partial charge is 0.415 e. The first-order valence-corrected chi connectivity index (χ1v) is 10.6. The number of amides is 2. The number of carbonyl (C=O) groups excluding carboxylic acids is 2. The zero-order valence-electron chi connectivity index (χ0n) is 16.6. The summed E-state index contributed by atoms with van der Waals surface area (Å²) in [6, 6.07) is 10.7. The van der Waals surface area contributed by atoms with Crippen molar-refractivity contribution in [1.29, 1.82) is 0 Å². The molecule has 0 bridgehead atoms. The molecule has 0 spiro atoms. The van der Waals surface area contributed by atoms with Gasteiger partial charge >= 0.3 is 6.09 Å². The Kier molecular flexibility index (Phi) is 5.23. The van der Waals surface area contributed by atoms with Gasteiger partial charge in [-0.3, -0.25) is 9.69 Å². The van der Waals surface area contributed by atoms with Gasteiger partial charge in [0.1, 0.15) is 12.4 Å². The van der Waals surface area contributed by atoms with E-state index in [0.29, 0.717) is 22.2 Å². The van der Waals surface area contributed by atoms with Gasteiger partial charge in [-0.05, 0) is 57.2 Å². The van der Waals surface area contributed by atoms with Gasteiger partial charge in [0.2, 0.25) is 5.91 Å². The first-order valence-electron chi connectivity index (χ1n) is 9.38. The first kappa shape index (κ1) is 20.7. The molecule has 2 aromatic carbocycles. The van der Waals surface area contributed by atoms with Gasteiger partial charge in [0, 0.05) is 10.2 Å². The van der Waals surface area contributed by atoms with Crippen LogP contribution in [0.5, 0.6) is 0 Å². The van der Waals surface area contributed by atoms with E-state index < -0.39 is 17.6 Å². The first-order chi connectivity index (χ1) is 14.2. The average Bonchev–Trinajstić information content (AvgIpc) is 3.21. The van der Waals surface area contributed by atoms with E-state index in [4.69, 9.17) is 16.3 Å². The minimum absolute atomic E-state index is 0.224. The molecule has 1 fully saturated rings. The van der Waals surface area contributed by atoms with Crippen molar-refractivity contribution < 1.29 is 14.3 Å². The predicted octanol–water partition coefficient (Wildman–Crippen LogP) is 5.46. The Hall–Kier alpha value is -2.58. The summed E-state index contributed by atoms with van der Waals surface area (Å²) in [7, 11) is 0. The molecular weight excluding hydrogens is 472 g/mol. The number of anilines is 2. The summed E-state index contributed by atoms with van der Waals surface area (Å²) in [5.74, 6) is -0.148. The Morgan fingerprint density at radius 3 is 2.77 bits per heavy atom. The van der Waals surface area contributed by atoms with Crippen LogP contribution < -0.4 is 10.2 Å². The van der Waals surface area contributed by atoms with Crippen molar-refractivity contribution in [2.45, 2.75) is 32.2 Å². The maximum absolute atomic E-state index is 12.8. The van der Waals surface area contributed by atoms with Gasteiger partial charge in [-0.15, -0.1) is 0 Å². The standard InChI is InChI=1S/C21H20BrClN4O3/c1-11(18-25-15-6-4-12(22)8-16(15)26-18)19(28)24-13-5-7-17(14(23)9-13)27-20(29)30-10-21(27,2)3/h4-9,11H,10H2,1-3H3,(H,24,28)(H,25,26). The van der Waals surface area contributed by atoms with E-state index >= 15 is 0 Å². The molecule has 4 rings (SSSR count). The van der Waals surface area contributed by atoms with E-state index in [1.165, 1.54) is 4.90 Å². The van der Waals surface area contributed by atoms with Crippen molar-refractivity contribution >= 4 is 61.9 Å². The molecule has 2 amide bonds. The third kappa shape index (κ3) is 3.77. The molecule has 1 saturated heterocycles. The minimum atomic E-state index is -0.504. The van der Waals surface area contributed by atoms with Crippen LogP contribution in [0.15, 0.2) is 40.9 Å². The van der Waals surface area contributed by atoms with Crippen LogP contribution in [-0.4, -0.2) is 34.1 Å². The summed E-state index contributed by atoms with van der Waals surface area (Å²) in [5.41, 5.74) is 2.21. The number of nitrogens with zero attached hydrogens (tertiary/aromatic N) is 2. The number of aromatic nitrogens is 2. The molecular formula is C21H20BrClN4O3. The van der Waals surface area contributed by atoms with E-state index in [0.717, 1.165) is 15.5 Å². The Labute approximate surface area is 186 Å². The number of hydrogen-bond acceptors (Lipinski definition) is 4. The number of nitrogens with one attached hydrogen (secondary N) is 2. The van der Waals surface area contributed by atoms with Gasteiger partial charge in [-0.2, -0.15) is 0 Å². The zero-order valence-corrected chi connectivity index (χ0v) is 19.0. The van der Waals surface area contributed by atoms with E-state index in [1.807, 2.05) is 32.0 Å². The summed E-state index contributed by atoms with van der Waals surface area (Å²) in [5, 5.41) is 3.21. The maximum atomic E-state index is 12.8. The summed E-state index contributed by atoms with van der Waals surface area (Å²) >= 11 is 9.85. The maximum Gasteiger partial charge on any atom is 0.415 e. The zero-order chi connectivity index (χ0) is 21.6. The normalized spacial score (nSPS) is 16.6. The fourth-order valence-electron chi connectivity index (χ4n) is 3.39. The molecule has 1 unspecified atom stereocenters. The van der Waals surface area contributed by atoms with E-state index in [1.54, 1.807) is 25.1 Å². The summed E-state index contributed by atoms with van der Waals surface area (Å²) in [4.78, 5) is 34.1. The van der Waals surface area contributed by atoms with Crippen LogP contribution in [0.1, 0.15) is 32.5 Å². The summed E-state index contributed by atoms with van der Waals surface area (Å²) < 4.78 is 6.08. The van der Waals surface area contributed by atoms with Crippen molar-refractivity contribution in [3.05, 3.63) is 51.7 Å². The van der Waals surface area contributed by atoms with Gasteiger partial charge < -0.3 is 15.0 Å². The Balaban J connectivity index is 1.53. The second kappa shape index (κ2) is 7.59. The molecule has 0 radical (unpaired) electrons. The molecule has 30 heavy (non-hydrogen) atoms. The lowest BCUT2D eigenvalue weighted by Gasteiger charge is -2.28. The number of benzene rings is 2. The number of imidazole rings is 1. The molecule has 156 valence electrons. The van der Waals surface area contributed by atoms with Gasteiger partial charge in [0.05, 0.1) is 33.2 Å². The highest BCUT2D eigenvalue weighted by atomic mass is 79.9. The molecule has 2 N–H and O–H groups in total. The van der Waals surface area contributed by atoms with Gasteiger partial charge in [0.25, 0.3) is 0 Å². The van der Waals surface area contributed by atoms with Crippen molar-refractivity contribution in [2.75, 3.05) is 16.8 Å². The van der Waals surface area contributed by atoms with Crippen LogP contribution in [0.3, 0.4) is 0 Å². The highest BCUT2D eigenvalue weighted by Crippen LogP contribution is 2.37. The summed E-state index contributed by atoms with van der Waals surface area (Å²) in [6.45, 7) is 5.86. The van der Waals surface area contributed by atoms with Crippen molar-refractivity contribution in [3.63, 3.8) is 0 Å². The summed E-state index contributed by atoms with van der Waals surface area (Å²) in [6.07, 6.45) is -0.441. The monoisotopic (exact) mass is 490 g/mol. The Morgan fingerprint density at radius 2 is 2.10 bits per heavy atom. The molecule has 1 aliphatic heterocycles. The largest absolute Gasteiger partial charge is 0.447 e. The van der Waals surface area contributed by atoms with E-state index in [2.05, 4.69) is 31.2 Å². The molecule has 3 aromatic rings. The number of cyclic esters (lactones) is 1. The molecule has 9 heteroatoms. The quantitative estimate of drug-likeness (QED) is 0.507. The number of carbonyl (C=O) groups is 2. The third-order valence-electron chi connectivity index (χ3n) is 5.06. The van der Waals surface area contributed by atoms with Crippen LogP contribution >= 0.6 is 27.5 Å². The van der Waals surface area contributed by atoms with Crippen LogP contribution in [0.4, 0.5) is 16.2 Å². The number of rotatable bonds is 4. The number of aromatic amines is 1. The topological polar surface area (TPSA) is 87.3 Å². The fourth-order valence-corrected chi connectivity index (χ4v) is 4.01. The fraction of sp³-hybridized carbons (Fsp3) is 0.286. The minimum Gasteiger partial charge on any atom is -0.447 e. The van der Waals surface area contributed by atoms with Gasteiger partial charge in [-0.1, -0.05) is 27.5 Å². The Bertz CT molecular complexity index is 1160. The van der Waals surface area contributed by atoms with E-state index in [9.17, 15) is 9.59 Å². The highest BCUT2D eigenvalue weighted by Gasteiger charge is 2.41. The van der Waals surface area contributed by atoms with Crippen LogP contribution in [0.25, 0.3) is 11.0 Å². The predicted molar refractivity (Wildman–Crippen MR) is 120 cm³/mol. The molecule has 1 aliphatic rings. The lowest BCUT2D eigenvalue weighted by molar-refractivity contribution is -0.117. The molecule has 1 atom stereocenters. The SMILES string of the molecule is CC(C(=O)Nc1ccc(N2C(=O)OCC2(C)C)c(Cl)c1)c1nc2ccc(Br)cc2[nH]1. The number of H-pyrrole nitrogens is 1. The van der Waals surface area contributed by atoms with Crippen LogP contribution in [0, 0.1) is 0 Å². The second-order valence-electron chi connectivity index (χ2n) is 7.86. The highest BCUT2D eigenvalue weighted by molar-refractivity contribution is 9.10. The van der Waals surface area contributed by atoms with Gasteiger partial charge in [-0.25, -0.2) is 9.78 Å². The number of fused-ring (bicyclic) bond motifs is 1. The lowest BCUT2D eigenvalue weighted by atomic mass is 10.0. The van der Waals surface area contributed by atoms with Crippen molar-refractivity contribution in [1.82, 2.24) is 9.97 Å². The molecule has 0 saturated carbocycles. The molecule has 1 aromatic heterocycles. The van der Waals surface area contributed by atoms with Crippen LogP contribution in [-0.2, 0) is 9.53 Å². The molecule has 7 nitrogen and oxygen atoms in total.